The van der Waals surface area contributed by atoms with Gasteiger partial charge in [0.05, 0.1) is 15.5 Å². The standard InChI is InChI=1S/C21H19ClN2O3S/c22-20-9-5-4-8-19(20)21(25)24-17-10-12-18(13-11-17)28(26,27)23-15-14-16-6-2-1-3-7-16/h1-13,23H,14-15H2,(H,24,25). The number of nitrogens with one attached hydrogen (secondary N) is 2. The Balaban J connectivity index is 1.61. The molecule has 0 bridgehead atoms. The third-order valence-electron chi connectivity index (χ3n) is 4.09. The van der Waals surface area contributed by atoms with Gasteiger partial charge in [-0.2, -0.15) is 0 Å². The van der Waals surface area contributed by atoms with Crippen molar-refractivity contribution in [2.75, 3.05) is 11.9 Å². The average molecular weight is 415 g/mol. The number of carbonyl (C=O) groups is 1. The number of rotatable bonds is 7. The number of anilines is 1. The Labute approximate surface area is 169 Å². The van der Waals surface area contributed by atoms with Crippen LogP contribution in [0.4, 0.5) is 5.69 Å². The molecule has 3 aromatic rings. The van der Waals surface area contributed by atoms with Gasteiger partial charge in [-0.25, -0.2) is 13.1 Å². The van der Waals surface area contributed by atoms with E-state index in [1.807, 2.05) is 30.3 Å². The summed E-state index contributed by atoms with van der Waals surface area (Å²) < 4.78 is 27.4. The predicted molar refractivity (Wildman–Crippen MR) is 111 cm³/mol. The van der Waals surface area contributed by atoms with Crippen LogP contribution in [0.15, 0.2) is 83.8 Å². The highest BCUT2D eigenvalue weighted by molar-refractivity contribution is 7.89. The average Bonchev–Trinajstić information content (AvgIpc) is 2.69. The highest BCUT2D eigenvalue weighted by Crippen LogP contribution is 2.18. The molecular weight excluding hydrogens is 396 g/mol. The highest BCUT2D eigenvalue weighted by Gasteiger charge is 2.14. The molecule has 7 heteroatoms. The van der Waals surface area contributed by atoms with Crippen LogP contribution in [0.3, 0.4) is 0 Å². The maximum Gasteiger partial charge on any atom is 0.257 e. The lowest BCUT2D eigenvalue weighted by atomic mass is 10.2. The largest absolute Gasteiger partial charge is 0.322 e. The summed E-state index contributed by atoms with van der Waals surface area (Å²) in [6.07, 6.45) is 0.603. The van der Waals surface area contributed by atoms with Crippen molar-refractivity contribution in [1.82, 2.24) is 4.72 Å². The normalized spacial score (nSPS) is 11.2. The molecule has 144 valence electrons. The highest BCUT2D eigenvalue weighted by atomic mass is 35.5. The minimum atomic E-state index is -3.62. The third-order valence-corrected chi connectivity index (χ3v) is 5.90. The number of amides is 1. The summed E-state index contributed by atoms with van der Waals surface area (Å²) in [4.78, 5) is 12.4. The van der Waals surface area contributed by atoms with E-state index in [4.69, 9.17) is 11.6 Å². The van der Waals surface area contributed by atoms with Gasteiger partial charge < -0.3 is 5.32 Å². The summed E-state index contributed by atoms with van der Waals surface area (Å²) in [6.45, 7) is 0.303. The minimum absolute atomic E-state index is 0.135. The topological polar surface area (TPSA) is 75.3 Å². The Morgan fingerprint density at radius 1 is 0.857 bits per heavy atom. The lowest BCUT2D eigenvalue weighted by molar-refractivity contribution is 0.102. The van der Waals surface area contributed by atoms with Crippen LogP contribution in [0.25, 0.3) is 0 Å². The zero-order valence-electron chi connectivity index (χ0n) is 14.9. The number of carbonyl (C=O) groups excluding carboxylic acids is 1. The molecule has 0 spiro atoms. The number of hydrogen-bond acceptors (Lipinski definition) is 3. The fraction of sp³-hybridized carbons (Fsp3) is 0.0952. The number of hydrogen-bond donors (Lipinski definition) is 2. The van der Waals surface area contributed by atoms with Gasteiger partial charge >= 0.3 is 0 Å². The van der Waals surface area contributed by atoms with Crippen LogP contribution in [0.2, 0.25) is 5.02 Å². The zero-order chi connectivity index (χ0) is 20.0. The van der Waals surface area contributed by atoms with Crippen molar-refractivity contribution in [1.29, 1.82) is 0 Å². The number of halogens is 1. The van der Waals surface area contributed by atoms with Crippen molar-refractivity contribution < 1.29 is 13.2 Å². The van der Waals surface area contributed by atoms with E-state index in [-0.39, 0.29) is 10.8 Å². The lowest BCUT2D eigenvalue weighted by Crippen LogP contribution is -2.26. The first-order chi connectivity index (χ1) is 13.5. The first-order valence-corrected chi connectivity index (χ1v) is 10.5. The Bertz CT molecular complexity index is 1050. The van der Waals surface area contributed by atoms with Crippen LogP contribution in [-0.2, 0) is 16.4 Å². The number of benzene rings is 3. The Morgan fingerprint density at radius 3 is 2.18 bits per heavy atom. The smallest absolute Gasteiger partial charge is 0.257 e. The SMILES string of the molecule is O=C(Nc1ccc(S(=O)(=O)NCCc2ccccc2)cc1)c1ccccc1Cl. The second kappa shape index (κ2) is 9.01. The molecule has 28 heavy (non-hydrogen) atoms. The molecule has 0 unspecified atom stereocenters. The molecule has 0 radical (unpaired) electrons. The maximum absolute atomic E-state index is 12.4. The fourth-order valence-electron chi connectivity index (χ4n) is 2.62. The van der Waals surface area contributed by atoms with Crippen molar-refractivity contribution in [2.45, 2.75) is 11.3 Å². The Kier molecular flexibility index (Phi) is 6.46. The lowest BCUT2D eigenvalue weighted by Gasteiger charge is -2.09. The van der Waals surface area contributed by atoms with Crippen molar-refractivity contribution in [3.8, 4) is 0 Å². The molecule has 0 saturated heterocycles. The molecule has 0 heterocycles. The minimum Gasteiger partial charge on any atom is -0.322 e. The first-order valence-electron chi connectivity index (χ1n) is 8.65. The maximum atomic E-state index is 12.4. The van der Waals surface area contributed by atoms with Crippen LogP contribution in [-0.4, -0.2) is 20.9 Å². The van der Waals surface area contributed by atoms with E-state index in [1.54, 1.807) is 36.4 Å². The first kappa shape index (κ1) is 20.1. The van der Waals surface area contributed by atoms with Gasteiger partial charge in [0.25, 0.3) is 5.91 Å². The summed E-state index contributed by atoms with van der Waals surface area (Å²) in [7, 11) is -3.62. The van der Waals surface area contributed by atoms with Crippen molar-refractivity contribution in [2.24, 2.45) is 0 Å². The van der Waals surface area contributed by atoms with Crippen molar-refractivity contribution in [3.63, 3.8) is 0 Å². The summed E-state index contributed by atoms with van der Waals surface area (Å²) in [6, 6.07) is 22.3. The summed E-state index contributed by atoms with van der Waals surface area (Å²) in [5.74, 6) is -0.359. The molecule has 2 N–H and O–H groups in total. The van der Waals surface area contributed by atoms with E-state index in [1.165, 1.54) is 12.1 Å². The Hall–Kier alpha value is -2.67. The molecule has 0 atom stereocenters. The number of sulfonamides is 1. The third kappa shape index (κ3) is 5.19. The molecule has 0 aliphatic heterocycles. The van der Waals surface area contributed by atoms with Crippen molar-refractivity contribution in [3.05, 3.63) is 95.0 Å². The zero-order valence-corrected chi connectivity index (χ0v) is 16.5. The van der Waals surface area contributed by atoms with Gasteiger partial charge in [-0.05, 0) is 48.4 Å². The monoisotopic (exact) mass is 414 g/mol. The van der Waals surface area contributed by atoms with Gasteiger partial charge in [0, 0.05) is 12.2 Å². The summed E-state index contributed by atoms with van der Waals surface area (Å²) in [5, 5.41) is 3.05. The van der Waals surface area contributed by atoms with E-state index in [9.17, 15) is 13.2 Å². The molecule has 0 aromatic heterocycles. The summed E-state index contributed by atoms with van der Waals surface area (Å²) >= 11 is 6.01. The van der Waals surface area contributed by atoms with Gasteiger partial charge in [0.15, 0.2) is 0 Å². The van der Waals surface area contributed by atoms with Gasteiger partial charge in [0.2, 0.25) is 10.0 Å². The van der Waals surface area contributed by atoms with Crippen LogP contribution in [0.1, 0.15) is 15.9 Å². The van der Waals surface area contributed by atoms with E-state index in [0.29, 0.717) is 29.2 Å². The molecule has 5 nitrogen and oxygen atoms in total. The van der Waals surface area contributed by atoms with Gasteiger partial charge in [0.1, 0.15) is 0 Å². The molecule has 0 saturated carbocycles. The summed E-state index contributed by atoms with van der Waals surface area (Å²) in [5.41, 5.74) is 1.89. The molecule has 3 aromatic carbocycles. The van der Waals surface area contributed by atoms with Gasteiger partial charge in [-0.15, -0.1) is 0 Å². The fourth-order valence-corrected chi connectivity index (χ4v) is 3.87. The van der Waals surface area contributed by atoms with Crippen LogP contribution in [0, 0.1) is 0 Å². The molecule has 0 aliphatic rings. The van der Waals surface area contributed by atoms with E-state index in [0.717, 1.165) is 5.56 Å². The Morgan fingerprint density at radius 2 is 1.50 bits per heavy atom. The predicted octanol–water partition coefficient (Wildman–Crippen LogP) is 4.11. The molecule has 0 aliphatic carbocycles. The quantitative estimate of drug-likeness (QED) is 0.610. The second-order valence-corrected chi connectivity index (χ2v) is 8.27. The van der Waals surface area contributed by atoms with Gasteiger partial charge in [-0.1, -0.05) is 54.1 Å². The van der Waals surface area contributed by atoms with Crippen LogP contribution >= 0.6 is 11.6 Å². The van der Waals surface area contributed by atoms with Crippen LogP contribution in [0.5, 0.6) is 0 Å². The molecule has 1 amide bonds. The molecule has 3 rings (SSSR count). The van der Waals surface area contributed by atoms with E-state index in [2.05, 4.69) is 10.0 Å². The van der Waals surface area contributed by atoms with Crippen molar-refractivity contribution >= 4 is 33.2 Å². The van der Waals surface area contributed by atoms with Gasteiger partial charge in [-0.3, -0.25) is 4.79 Å². The second-order valence-electron chi connectivity index (χ2n) is 6.09. The van der Waals surface area contributed by atoms with E-state index >= 15 is 0 Å². The molecule has 0 fully saturated rings. The van der Waals surface area contributed by atoms with Crippen LogP contribution < -0.4 is 10.0 Å². The molecular formula is C21H19ClN2O3S. The van der Waals surface area contributed by atoms with E-state index < -0.39 is 10.0 Å².